The van der Waals surface area contributed by atoms with Gasteiger partial charge in [-0.15, -0.1) is 0 Å². The Balaban J connectivity index is 2.09. The van der Waals surface area contributed by atoms with E-state index in [4.69, 9.17) is 11.6 Å². The van der Waals surface area contributed by atoms with E-state index < -0.39 is 5.91 Å². The highest BCUT2D eigenvalue weighted by molar-refractivity contribution is 9.10. The van der Waals surface area contributed by atoms with E-state index in [-0.39, 0.29) is 23.2 Å². The summed E-state index contributed by atoms with van der Waals surface area (Å²) in [6.45, 7) is 0.0750. The van der Waals surface area contributed by atoms with Crippen LogP contribution in [0.3, 0.4) is 0 Å². The summed E-state index contributed by atoms with van der Waals surface area (Å²) in [5.41, 5.74) is 0.699. The SMILES string of the molecule is CNC(=O)Cn1cc(NC(=O)c2cc(Br)cnc2Cl)cn1. The van der Waals surface area contributed by atoms with Gasteiger partial charge in [-0.25, -0.2) is 4.98 Å². The van der Waals surface area contributed by atoms with Crippen LogP contribution >= 0.6 is 27.5 Å². The molecule has 110 valence electrons. The molecule has 0 aromatic carbocycles. The van der Waals surface area contributed by atoms with E-state index in [0.717, 1.165) is 0 Å². The second kappa shape index (κ2) is 6.68. The van der Waals surface area contributed by atoms with Crippen LogP contribution in [0.5, 0.6) is 0 Å². The second-order valence-electron chi connectivity index (χ2n) is 4.05. The van der Waals surface area contributed by atoms with Crippen molar-refractivity contribution in [1.82, 2.24) is 20.1 Å². The van der Waals surface area contributed by atoms with E-state index in [0.29, 0.717) is 10.2 Å². The average molecular weight is 373 g/mol. The first-order valence-corrected chi connectivity index (χ1v) is 7.02. The van der Waals surface area contributed by atoms with E-state index in [1.165, 1.54) is 24.1 Å². The first-order valence-electron chi connectivity index (χ1n) is 5.85. The molecule has 9 heteroatoms. The summed E-state index contributed by atoms with van der Waals surface area (Å²) < 4.78 is 2.06. The van der Waals surface area contributed by atoms with Gasteiger partial charge < -0.3 is 10.6 Å². The molecular weight excluding hydrogens is 362 g/mol. The van der Waals surface area contributed by atoms with Crippen LogP contribution in [0, 0.1) is 0 Å². The Kier molecular flexibility index (Phi) is 4.92. The molecule has 7 nitrogen and oxygen atoms in total. The molecule has 2 N–H and O–H groups in total. The maximum Gasteiger partial charge on any atom is 0.258 e. The number of nitrogens with zero attached hydrogens (tertiary/aromatic N) is 3. The van der Waals surface area contributed by atoms with Crippen molar-refractivity contribution < 1.29 is 9.59 Å². The van der Waals surface area contributed by atoms with Crippen molar-refractivity contribution in [3.63, 3.8) is 0 Å². The van der Waals surface area contributed by atoms with Crippen LogP contribution in [0.1, 0.15) is 10.4 Å². The minimum Gasteiger partial charge on any atom is -0.358 e. The number of likely N-dealkylation sites (N-methyl/N-ethyl adjacent to an activating group) is 1. The van der Waals surface area contributed by atoms with Crippen molar-refractivity contribution in [3.05, 3.63) is 39.8 Å². The Bertz CT molecular complexity index is 688. The third-order valence-corrected chi connectivity index (χ3v) is 3.26. The van der Waals surface area contributed by atoms with Gasteiger partial charge in [0, 0.05) is 23.9 Å². The van der Waals surface area contributed by atoms with Gasteiger partial charge in [-0.1, -0.05) is 11.6 Å². The number of anilines is 1. The third-order valence-electron chi connectivity index (χ3n) is 2.53. The van der Waals surface area contributed by atoms with Gasteiger partial charge in [0.15, 0.2) is 0 Å². The molecule has 0 saturated carbocycles. The lowest BCUT2D eigenvalue weighted by Crippen LogP contribution is -2.23. The monoisotopic (exact) mass is 371 g/mol. The Morgan fingerprint density at radius 1 is 1.43 bits per heavy atom. The van der Waals surface area contributed by atoms with Gasteiger partial charge in [0.1, 0.15) is 11.7 Å². The van der Waals surface area contributed by atoms with Crippen molar-refractivity contribution in [3.8, 4) is 0 Å². The Morgan fingerprint density at radius 3 is 2.90 bits per heavy atom. The molecule has 0 bridgehead atoms. The summed E-state index contributed by atoms with van der Waals surface area (Å²) in [6, 6.07) is 1.57. The highest BCUT2D eigenvalue weighted by Gasteiger charge is 2.13. The Hall–Kier alpha value is -1.93. The maximum atomic E-state index is 12.1. The fourth-order valence-corrected chi connectivity index (χ4v) is 2.04. The summed E-state index contributed by atoms with van der Waals surface area (Å²) in [5, 5.41) is 9.20. The quantitative estimate of drug-likeness (QED) is 0.799. The molecule has 0 saturated heterocycles. The number of pyridine rings is 1. The summed E-state index contributed by atoms with van der Waals surface area (Å²) in [4.78, 5) is 27.2. The topological polar surface area (TPSA) is 88.9 Å². The number of hydrogen-bond acceptors (Lipinski definition) is 4. The molecule has 2 heterocycles. The number of halogens is 2. The summed E-state index contributed by atoms with van der Waals surface area (Å²) in [7, 11) is 1.54. The van der Waals surface area contributed by atoms with Crippen molar-refractivity contribution in [2.24, 2.45) is 0 Å². The van der Waals surface area contributed by atoms with E-state index in [1.807, 2.05) is 0 Å². The van der Waals surface area contributed by atoms with Crippen LogP contribution in [-0.2, 0) is 11.3 Å². The fraction of sp³-hybridized carbons (Fsp3) is 0.167. The first-order chi connectivity index (χ1) is 9.99. The number of rotatable bonds is 4. The molecule has 2 aromatic rings. The summed E-state index contributed by atoms with van der Waals surface area (Å²) in [6.07, 6.45) is 4.49. The van der Waals surface area contributed by atoms with E-state index >= 15 is 0 Å². The molecule has 2 rings (SSSR count). The Morgan fingerprint density at radius 2 is 2.19 bits per heavy atom. The average Bonchev–Trinajstić information content (AvgIpc) is 2.88. The zero-order valence-electron chi connectivity index (χ0n) is 10.9. The minimum atomic E-state index is -0.409. The molecule has 0 aliphatic heterocycles. The molecule has 0 fully saturated rings. The number of carbonyl (C=O) groups excluding carboxylic acids is 2. The molecular formula is C12H11BrClN5O2. The molecule has 0 aliphatic rings. The Labute approximate surface area is 133 Å². The smallest absolute Gasteiger partial charge is 0.258 e. The lowest BCUT2D eigenvalue weighted by molar-refractivity contribution is -0.121. The molecule has 0 radical (unpaired) electrons. The first kappa shape index (κ1) is 15.5. The fourth-order valence-electron chi connectivity index (χ4n) is 1.52. The van der Waals surface area contributed by atoms with Gasteiger partial charge in [-0.2, -0.15) is 5.10 Å². The van der Waals surface area contributed by atoms with Crippen molar-refractivity contribution in [1.29, 1.82) is 0 Å². The molecule has 2 amide bonds. The summed E-state index contributed by atoms with van der Waals surface area (Å²) >= 11 is 9.11. The predicted molar refractivity (Wildman–Crippen MR) is 81.2 cm³/mol. The highest BCUT2D eigenvalue weighted by atomic mass is 79.9. The zero-order chi connectivity index (χ0) is 15.4. The largest absolute Gasteiger partial charge is 0.358 e. The highest BCUT2D eigenvalue weighted by Crippen LogP contribution is 2.19. The molecule has 21 heavy (non-hydrogen) atoms. The predicted octanol–water partition coefficient (Wildman–Crippen LogP) is 1.69. The lowest BCUT2D eigenvalue weighted by atomic mass is 10.2. The van der Waals surface area contributed by atoms with Gasteiger partial charge >= 0.3 is 0 Å². The van der Waals surface area contributed by atoms with Crippen LogP contribution < -0.4 is 10.6 Å². The van der Waals surface area contributed by atoms with Crippen LogP contribution in [0.4, 0.5) is 5.69 Å². The molecule has 0 atom stereocenters. The van der Waals surface area contributed by atoms with Crippen LogP contribution in [0.2, 0.25) is 5.15 Å². The number of nitrogens with one attached hydrogen (secondary N) is 2. The van der Waals surface area contributed by atoms with Crippen molar-refractivity contribution in [2.45, 2.75) is 6.54 Å². The van der Waals surface area contributed by atoms with E-state index in [2.05, 4.69) is 36.6 Å². The van der Waals surface area contributed by atoms with E-state index in [9.17, 15) is 9.59 Å². The second-order valence-corrected chi connectivity index (χ2v) is 5.32. The standard InChI is InChI=1S/C12H11BrClN5O2/c1-15-10(20)6-19-5-8(4-17-19)18-12(21)9-2-7(13)3-16-11(9)14/h2-5H,6H2,1H3,(H,15,20)(H,18,21). The van der Waals surface area contributed by atoms with Crippen LogP contribution in [0.15, 0.2) is 29.1 Å². The van der Waals surface area contributed by atoms with Gasteiger partial charge in [0.25, 0.3) is 5.91 Å². The van der Waals surface area contributed by atoms with Gasteiger partial charge in [0.2, 0.25) is 5.91 Å². The zero-order valence-corrected chi connectivity index (χ0v) is 13.3. The number of aromatic nitrogens is 3. The molecule has 0 aliphatic carbocycles. The van der Waals surface area contributed by atoms with Crippen molar-refractivity contribution >= 4 is 45.0 Å². The normalized spacial score (nSPS) is 10.2. The van der Waals surface area contributed by atoms with Crippen LogP contribution in [0.25, 0.3) is 0 Å². The number of amides is 2. The molecule has 0 unspecified atom stereocenters. The van der Waals surface area contributed by atoms with Crippen molar-refractivity contribution in [2.75, 3.05) is 12.4 Å². The lowest BCUT2D eigenvalue weighted by Gasteiger charge is -2.04. The van der Waals surface area contributed by atoms with Gasteiger partial charge in [-0.3, -0.25) is 14.3 Å². The van der Waals surface area contributed by atoms with Gasteiger partial charge in [-0.05, 0) is 22.0 Å². The van der Waals surface area contributed by atoms with E-state index in [1.54, 1.807) is 12.3 Å². The molecule has 0 spiro atoms. The van der Waals surface area contributed by atoms with Gasteiger partial charge in [0.05, 0.1) is 17.4 Å². The van der Waals surface area contributed by atoms with Crippen LogP contribution in [-0.4, -0.2) is 33.6 Å². The minimum absolute atomic E-state index is 0.0750. The third kappa shape index (κ3) is 4.02. The number of hydrogen-bond donors (Lipinski definition) is 2. The number of carbonyl (C=O) groups is 2. The summed E-state index contributed by atoms with van der Waals surface area (Å²) in [5.74, 6) is -0.594. The molecule has 2 aromatic heterocycles. The maximum absolute atomic E-state index is 12.1.